The Morgan fingerprint density at radius 3 is 2.47 bits per heavy atom. The van der Waals surface area contributed by atoms with Gasteiger partial charge < -0.3 is 9.55 Å². The molecule has 3 heteroatoms. The normalized spacial score (nSPS) is 26.4. The Hall–Kier alpha value is -0.570. The first-order chi connectivity index (χ1) is 6.89. The molecule has 1 fully saturated rings. The van der Waals surface area contributed by atoms with E-state index in [1.807, 2.05) is 0 Å². The highest BCUT2D eigenvalue weighted by molar-refractivity contribution is 7.71. The van der Waals surface area contributed by atoms with E-state index in [9.17, 15) is 0 Å². The van der Waals surface area contributed by atoms with Crippen LogP contribution in [0.15, 0.2) is 6.20 Å². The van der Waals surface area contributed by atoms with Gasteiger partial charge in [0.05, 0.1) is 0 Å². The summed E-state index contributed by atoms with van der Waals surface area (Å²) in [4.78, 5) is 3.19. The number of aromatic amines is 1. The van der Waals surface area contributed by atoms with E-state index < -0.39 is 0 Å². The first-order valence-corrected chi connectivity index (χ1v) is 6.11. The Morgan fingerprint density at radius 2 is 2.00 bits per heavy atom. The highest BCUT2D eigenvalue weighted by atomic mass is 32.1. The zero-order valence-electron chi connectivity index (χ0n) is 10.0. The molecule has 1 saturated carbocycles. The standard InChI is InChI=1S/C12H20N2S/c1-8-5-9(6-8)14-10(12(2,3)4)7-13-11(14)15/h7-9H,5-6H2,1-4H3,(H,13,15). The third-order valence-corrected chi connectivity index (χ3v) is 3.61. The van der Waals surface area contributed by atoms with E-state index in [1.54, 1.807) is 0 Å². The molecule has 0 aromatic carbocycles. The Kier molecular flexibility index (Phi) is 2.53. The van der Waals surface area contributed by atoms with Gasteiger partial charge in [-0.3, -0.25) is 0 Å². The van der Waals surface area contributed by atoms with Gasteiger partial charge in [-0.1, -0.05) is 27.7 Å². The average molecular weight is 224 g/mol. The SMILES string of the molecule is CC1CC(n2c(C(C)(C)C)c[nH]c2=S)C1. The second-order valence-corrected chi connectivity index (χ2v) is 6.22. The van der Waals surface area contributed by atoms with Crippen molar-refractivity contribution >= 4 is 12.2 Å². The lowest BCUT2D eigenvalue weighted by Crippen LogP contribution is -2.29. The number of nitrogens with one attached hydrogen (secondary N) is 1. The molecule has 0 amide bonds. The molecule has 0 spiro atoms. The molecule has 84 valence electrons. The smallest absolute Gasteiger partial charge is 0.177 e. The maximum atomic E-state index is 5.36. The van der Waals surface area contributed by atoms with E-state index in [2.05, 4.69) is 43.4 Å². The molecule has 1 aromatic rings. The minimum atomic E-state index is 0.173. The quantitative estimate of drug-likeness (QED) is 0.719. The van der Waals surface area contributed by atoms with E-state index in [-0.39, 0.29) is 5.41 Å². The van der Waals surface area contributed by atoms with Crippen molar-refractivity contribution in [3.8, 4) is 0 Å². The maximum absolute atomic E-state index is 5.36. The van der Waals surface area contributed by atoms with Gasteiger partial charge in [-0.05, 0) is 31.0 Å². The third kappa shape index (κ3) is 1.89. The molecule has 2 rings (SSSR count). The molecule has 1 heterocycles. The van der Waals surface area contributed by atoms with Gasteiger partial charge >= 0.3 is 0 Å². The summed E-state index contributed by atoms with van der Waals surface area (Å²) in [6, 6.07) is 0.632. The monoisotopic (exact) mass is 224 g/mol. The highest BCUT2D eigenvalue weighted by Gasteiger charge is 2.31. The number of hydrogen-bond donors (Lipinski definition) is 1. The summed E-state index contributed by atoms with van der Waals surface area (Å²) < 4.78 is 3.21. The molecular formula is C12H20N2S. The lowest BCUT2D eigenvalue weighted by molar-refractivity contribution is 0.205. The largest absolute Gasteiger partial charge is 0.337 e. The van der Waals surface area contributed by atoms with Crippen LogP contribution >= 0.6 is 12.2 Å². The second kappa shape index (κ2) is 3.48. The molecule has 2 nitrogen and oxygen atoms in total. The van der Waals surface area contributed by atoms with E-state index in [1.165, 1.54) is 18.5 Å². The van der Waals surface area contributed by atoms with Crippen LogP contribution in [-0.2, 0) is 5.41 Å². The van der Waals surface area contributed by atoms with Crippen molar-refractivity contribution in [2.24, 2.45) is 5.92 Å². The summed E-state index contributed by atoms with van der Waals surface area (Å²) in [6.45, 7) is 9.03. The predicted molar refractivity (Wildman–Crippen MR) is 65.8 cm³/mol. The average Bonchev–Trinajstić information content (AvgIpc) is 2.40. The van der Waals surface area contributed by atoms with Crippen molar-refractivity contribution in [2.75, 3.05) is 0 Å². The Morgan fingerprint density at radius 1 is 1.40 bits per heavy atom. The molecular weight excluding hydrogens is 204 g/mol. The van der Waals surface area contributed by atoms with Crippen molar-refractivity contribution in [1.29, 1.82) is 0 Å². The molecule has 1 aliphatic carbocycles. The molecule has 15 heavy (non-hydrogen) atoms. The summed E-state index contributed by atoms with van der Waals surface area (Å²) in [6.07, 6.45) is 4.62. The molecule has 1 aliphatic rings. The van der Waals surface area contributed by atoms with Crippen molar-refractivity contribution in [3.05, 3.63) is 16.7 Å². The molecule has 0 unspecified atom stereocenters. The number of hydrogen-bond acceptors (Lipinski definition) is 1. The number of nitrogens with zero attached hydrogens (tertiary/aromatic N) is 1. The van der Waals surface area contributed by atoms with Crippen LogP contribution in [0.3, 0.4) is 0 Å². The minimum Gasteiger partial charge on any atom is -0.337 e. The van der Waals surface area contributed by atoms with Crippen LogP contribution in [0.5, 0.6) is 0 Å². The van der Waals surface area contributed by atoms with E-state index in [0.717, 1.165) is 10.7 Å². The summed E-state index contributed by atoms with van der Waals surface area (Å²) in [5.41, 5.74) is 1.51. The highest BCUT2D eigenvalue weighted by Crippen LogP contribution is 2.40. The van der Waals surface area contributed by atoms with Gasteiger partial charge in [0.1, 0.15) is 0 Å². The lowest BCUT2D eigenvalue weighted by Gasteiger charge is -2.36. The van der Waals surface area contributed by atoms with Crippen LogP contribution in [-0.4, -0.2) is 9.55 Å². The van der Waals surface area contributed by atoms with Crippen molar-refractivity contribution in [3.63, 3.8) is 0 Å². The van der Waals surface area contributed by atoms with Gasteiger partial charge in [-0.15, -0.1) is 0 Å². The summed E-state index contributed by atoms with van der Waals surface area (Å²) >= 11 is 5.36. The van der Waals surface area contributed by atoms with Gasteiger partial charge in [0.25, 0.3) is 0 Å². The molecule has 0 saturated heterocycles. The molecule has 0 atom stereocenters. The van der Waals surface area contributed by atoms with Crippen LogP contribution in [0.4, 0.5) is 0 Å². The van der Waals surface area contributed by atoms with E-state index in [0.29, 0.717) is 6.04 Å². The van der Waals surface area contributed by atoms with Crippen molar-refractivity contribution < 1.29 is 0 Å². The van der Waals surface area contributed by atoms with Crippen LogP contribution in [0.25, 0.3) is 0 Å². The van der Waals surface area contributed by atoms with Crippen LogP contribution in [0, 0.1) is 10.7 Å². The number of imidazole rings is 1. The third-order valence-electron chi connectivity index (χ3n) is 3.29. The van der Waals surface area contributed by atoms with Crippen LogP contribution < -0.4 is 0 Å². The zero-order valence-corrected chi connectivity index (χ0v) is 10.8. The van der Waals surface area contributed by atoms with Crippen molar-refractivity contribution in [1.82, 2.24) is 9.55 Å². The number of H-pyrrole nitrogens is 1. The second-order valence-electron chi connectivity index (χ2n) is 5.83. The number of rotatable bonds is 1. The van der Waals surface area contributed by atoms with Gasteiger partial charge in [-0.2, -0.15) is 0 Å². The lowest BCUT2D eigenvalue weighted by atomic mass is 9.80. The van der Waals surface area contributed by atoms with Crippen LogP contribution in [0.2, 0.25) is 0 Å². The van der Waals surface area contributed by atoms with Gasteiger partial charge in [-0.25, -0.2) is 0 Å². The Bertz CT molecular complexity index is 402. The van der Waals surface area contributed by atoms with E-state index >= 15 is 0 Å². The topological polar surface area (TPSA) is 20.7 Å². The van der Waals surface area contributed by atoms with Gasteiger partial charge in [0.15, 0.2) is 4.77 Å². The summed E-state index contributed by atoms with van der Waals surface area (Å²) in [5, 5.41) is 0. The van der Waals surface area contributed by atoms with Crippen LogP contribution in [0.1, 0.15) is 52.3 Å². The van der Waals surface area contributed by atoms with E-state index in [4.69, 9.17) is 12.2 Å². The Labute approximate surface area is 96.7 Å². The first-order valence-electron chi connectivity index (χ1n) is 5.70. The predicted octanol–water partition coefficient (Wildman–Crippen LogP) is 3.81. The molecule has 0 bridgehead atoms. The number of aromatic nitrogens is 2. The van der Waals surface area contributed by atoms with Crippen molar-refractivity contribution in [2.45, 2.75) is 52.0 Å². The fourth-order valence-corrected chi connectivity index (χ4v) is 2.70. The van der Waals surface area contributed by atoms with Gasteiger partial charge in [0, 0.05) is 23.3 Å². The molecule has 0 aliphatic heterocycles. The summed E-state index contributed by atoms with van der Waals surface area (Å²) in [7, 11) is 0. The zero-order chi connectivity index (χ0) is 11.2. The fraction of sp³-hybridized carbons (Fsp3) is 0.750. The fourth-order valence-electron chi connectivity index (χ4n) is 2.39. The first kappa shape index (κ1) is 10.9. The summed E-state index contributed by atoms with van der Waals surface area (Å²) in [5.74, 6) is 0.861. The van der Waals surface area contributed by atoms with Gasteiger partial charge in [0.2, 0.25) is 0 Å². The molecule has 1 aromatic heterocycles. The maximum Gasteiger partial charge on any atom is 0.177 e. The Balaban J connectivity index is 2.38. The molecule has 0 radical (unpaired) electrons. The minimum absolute atomic E-state index is 0.173. The molecule has 1 N–H and O–H groups in total.